The Morgan fingerprint density at radius 1 is 1.32 bits per heavy atom. The zero-order valence-corrected chi connectivity index (χ0v) is 18.1. The maximum atomic E-state index is 12.5. The Kier molecular flexibility index (Phi) is 8.78. The van der Waals surface area contributed by atoms with Crippen LogP contribution >= 0.6 is 11.8 Å². The number of hydrogen-bond donors (Lipinski definition) is 2. The normalized spacial score (nSPS) is 16.1. The van der Waals surface area contributed by atoms with Gasteiger partial charge in [0.1, 0.15) is 6.04 Å². The molecular weight excluding hydrogens is 398 g/mol. The summed E-state index contributed by atoms with van der Waals surface area (Å²) < 4.78 is 26.2. The molecule has 2 N–H and O–H groups in total. The van der Waals surface area contributed by atoms with E-state index in [4.69, 9.17) is 0 Å². The smallest absolute Gasteiger partial charge is 0.238 e. The molecule has 1 fully saturated rings. The highest BCUT2D eigenvalue weighted by molar-refractivity contribution is 7.98. The second-order valence-electron chi connectivity index (χ2n) is 6.75. The molecule has 1 aromatic carbocycles. The lowest BCUT2D eigenvalue weighted by Crippen LogP contribution is -2.47. The SMILES string of the molecule is CCS(=O)(=O)NC(CCSC)C(=O)NCc1cccc(N2CCCCC2=O)c1. The number of hydrogen-bond acceptors (Lipinski definition) is 5. The van der Waals surface area contributed by atoms with Crippen LogP contribution in [0, 0.1) is 0 Å². The van der Waals surface area contributed by atoms with Crippen LogP contribution in [0.15, 0.2) is 24.3 Å². The number of amides is 2. The molecule has 156 valence electrons. The average Bonchev–Trinajstić information content (AvgIpc) is 2.70. The van der Waals surface area contributed by atoms with Crippen molar-refractivity contribution in [1.29, 1.82) is 0 Å². The van der Waals surface area contributed by atoms with Gasteiger partial charge < -0.3 is 10.2 Å². The molecule has 7 nitrogen and oxygen atoms in total. The van der Waals surface area contributed by atoms with E-state index in [-0.39, 0.29) is 24.1 Å². The lowest BCUT2D eigenvalue weighted by molar-refractivity contribution is -0.123. The standard InChI is InChI=1S/C19H29N3O4S2/c1-3-28(25,26)21-17(10-12-27-2)19(24)20-14-15-7-6-8-16(13-15)22-11-5-4-9-18(22)23/h6-8,13,17,21H,3-5,9-12,14H2,1-2H3,(H,20,24). The molecule has 0 radical (unpaired) electrons. The minimum atomic E-state index is -3.47. The van der Waals surface area contributed by atoms with Crippen molar-refractivity contribution in [3.8, 4) is 0 Å². The van der Waals surface area contributed by atoms with Crippen molar-refractivity contribution in [1.82, 2.24) is 10.0 Å². The number of nitrogens with zero attached hydrogens (tertiary/aromatic N) is 1. The third kappa shape index (κ3) is 6.79. The number of carbonyl (C=O) groups is 2. The van der Waals surface area contributed by atoms with Crippen LogP contribution in [0.3, 0.4) is 0 Å². The highest BCUT2D eigenvalue weighted by Gasteiger charge is 2.23. The predicted molar refractivity (Wildman–Crippen MR) is 114 cm³/mol. The summed E-state index contributed by atoms with van der Waals surface area (Å²) in [4.78, 5) is 26.4. The zero-order valence-electron chi connectivity index (χ0n) is 16.4. The van der Waals surface area contributed by atoms with E-state index in [2.05, 4.69) is 10.0 Å². The largest absolute Gasteiger partial charge is 0.351 e. The van der Waals surface area contributed by atoms with Crippen molar-refractivity contribution in [2.24, 2.45) is 0 Å². The van der Waals surface area contributed by atoms with Crippen LogP contribution in [0.1, 0.15) is 38.2 Å². The topological polar surface area (TPSA) is 95.6 Å². The van der Waals surface area contributed by atoms with Crippen LogP contribution in [0.4, 0.5) is 5.69 Å². The van der Waals surface area contributed by atoms with Gasteiger partial charge in [-0.15, -0.1) is 0 Å². The van der Waals surface area contributed by atoms with Gasteiger partial charge in [-0.05, 0) is 55.9 Å². The fraction of sp³-hybridized carbons (Fsp3) is 0.579. The number of nitrogens with one attached hydrogen (secondary N) is 2. The van der Waals surface area contributed by atoms with Crippen LogP contribution in [-0.2, 0) is 26.2 Å². The molecule has 1 atom stereocenters. The number of piperidine rings is 1. The number of rotatable bonds is 10. The van der Waals surface area contributed by atoms with E-state index < -0.39 is 16.1 Å². The minimum Gasteiger partial charge on any atom is -0.351 e. The second kappa shape index (κ2) is 10.8. The van der Waals surface area contributed by atoms with E-state index in [9.17, 15) is 18.0 Å². The minimum absolute atomic E-state index is 0.0675. The van der Waals surface area contributed by atoms with Gasteiger partial charge in [-0.1, -0.05) is 12.1 Å². The fourth-order valence-electron chi connectivity index (χ4n) is 3.00. The van der Waals surface area contributed by atoms with Crippen molar-refractivity contribution in [2.75, 3.05) is 29.2 Å². The fourth-order valence-corrected chi connectivity index (χ4v) is 4.30. The molecule has 1 unspecified atom stereocenters. The third-order valence-corrected chi connectivity index (χ3v) is 6.69. The summed E-state index contributed by atoms with van der Waals surface area (Å²) in [6.45, 7) is 2.53. The van der Waals surface area contributed by atoms with Gasteiger partial charge in [0, 0.05) is 25.2 Å². The summed E-state index contributed by atoms with van der Waals surface area (Å²) in [7, 11) is -3.47. The molecule has 0 aliphatic carbocycles. The molecule has 0 spiro atoms. The molecule has 9 heteroatoms. The molecule has 2 amide bonds. The van der Waals surface area contributed by atoms with Gasteiger partial charge in [0.15, 0.2) is 0 Å². The van der Waals surface area contributed by atoms with E-state index in [0.29, 0.717) is 25.1 Å². The van der Waals surface area contributed by atoms with E-state index in [1.165, 1.54) is 0 Å². The van der Waals surface area contributed by atoms with Crippen molar-refractivity contribution in [3.63, 3.8) is 0 Å². The molecule has 0 saturated carbocycles. The van der Waals surface area contributed by atoms with Gasteiger partial charge in [-0.3, -0.25) is 9.59 Å². The van der Waals surface area contributed by atoms with Crippen molar-refractivity contribution in [2.45, 2.75) is 45.2 Å². The molecule has 0 aromatic heterocycles. The van der Waals surface area contributed by atoms with Gasteiger partial charge >= 0.3 is 0 Å². The Balaban J connectivity index is 2.01. The number of benzene rings is 1. The maximum Gasteiger partial charge on any atom is 0.238 e. The molecule has 28 heavy (non-hydrogen) atoms. The third-order valence-electron chi connectivity index (χ3n) is 4.64. The number of anilines is 1. The summed E-state index contributed by atoms with van der Waals surface area (Å²) in [5.74, 6) is 0.391. The first kappa shape index (κ1) is 22.7. The van der Waals surface area contributed by atoms with Gasteiger partial charge in [0.25, 0.3) is 0 Å². The first-order chi connectivity index (χ1) is 13.4. The van der Waals surface area contributed by atoms with Crippen LogP contribution < -0.4 is 14.9 Å². The molecule has 1 aliphatic rings. The predicted octanol–water partition coefficient (Wildman–Crippen LogP) is 1.88. The summed E-state index contributed by atoms with van der Waals surface area (Å²) in [5, 5.41) is 2.82. The van der Waals surface area contributed by atoms with Crippen molar-refractivity contribution < 1.29 is 18.0 Å². The van der Waals surface area contributed by atoms with Gasteiger partial charge in [-0.2, -0.15) is 11.8 Å². The average molecular weight is 428 g/mol. The first-order valence-corrected chi connectivity index (χ1v) is 12.6. The lowest BCUT2D eigenvalue weighted by Gasteiger charge is -2.27. The molecule has 1 heterocycles. The lowest BCUT2D eigenvalue weighted by atomic mass is 10.1. The molecular formula is C19H29N3O4S2. The molecule has 1 saturated heterocycles. The Bertz CT molecular complexity index is 783. The Labute approximate surface area is 171 Å². The summed E-state index contributed by atoms with van der Waals surface area (Å²) in [6, 6.07) is 6.75. The van der Waals surface area contributed by atoms with Crippen molar-refractivity contribution in [3.05, 3.63) is 29.8 Å². The van der Waals surface area contributed by atoms with E-state index in [0.717, 1.165) is 24.1 Å². The van der Waals surface area contributed by atoms with E-state index >= 15 is 0 Å². The molecule has 1 aliphatic heterocycles. The summed E-state index contributed by atoms with van der Waals surface area (Å²) >= 11 is 1.56. The molecule has 0 bridgehead atoms. The van der Waals surface area contributed by atoms with E-state index in [1.807, 2.05) is 30.5 Å². The van der Waals surface area contributed by atoms with Gasteiger partial charge in [-0.25, -0.2) is 13.1 Å². The summed E-state index contributed by atoms with van der Waals surface area (Å²) in [5.41, 5.74) is 1.70. The highest BCUT2D eigenvalue weighted by atomic mass is 32.2. The Morgan fingerprint density at radius 2 is 2.11 bits per heavy atom. The number of thioether (sulfide) groups is 1. The van der Waals surface area contributed by atoms with Gasteiger partial charge in [0.2, 0.25) is 21.8 Å². The molecule has 2 rings (SSSR count). The number of carbonyl (C=O) groups excluding carboxylic acids is 2. The van der Waals surface area contributed by atoms with Crippen LogP contribution in [0.5, 0.6) is 0 Å². The maximum absolute atomic E-state index is 12.5. The quantitative estimate of drug-likeness (QED) is 0.594. The first-order valence-electron chi connectivity index (χ1n) is 9.52. The van der Waals surface area contributed by atoms with Gasteiger partial charge in [0.05, 0.1) is 5.75 Å². The molecule has 1 aromatic rings. The van der Waals surface area contributed by atoms with Crippen LogP contribution in [0.2, 0.25) is 0 Å². The van der Waals surface area contributed by atoms with Crippen LogP contribution in [0.25, 0.3) is 0 Å². The van der Waals surface area contributed by atoms with Crippen LogP contribution in [-0.4, -0.2) is 50.6 Å². The number of sulfonamides is 1. The van der Waals surface area contributed by atoms with E-state index in [1.54, 1.807) is 23.6 Å². The Hall–Kier alpha value is -1.58. The van der Waals surface area contributed by atoms with Crippen molar-refractivity contribution >= 4 is 39.3 Å². The second-order valence-corrected chi connectivity index (χ2v) is 9.77. The Morgan fingerprint density at radius 3 is 2.79 bits per heavy atom. The highest BCUT2D eigenvalue weighted by Crippen LogP contribution is 2.21. The summed E-state index contributed by atoms with van der Waals surface area (Å²) in [6.07, 6.45) is 4.82. The zero-order chi connectivity index (χ0) is 20.6. The monoisotopic (exact) mass is 427 g/mol.